The van der Waals surface area contributed by atoms with Crippen molar-refractivity contribution in [2.75, 3.05) is 20.8 Å². The molecule has 0 aliphatic heterocycles. The Kier molecular flexibility index (Phi) is 5.94. The third kappa shape index (κ3) is 4.06. The minimum absolute atomic E-state index is 0.107. The van der Waals surface area contributed by atoms with Gasteiger partial charge in [-0.3, -0.25) is 4.79 Å². The normalized spacial score (nSPS) is 10.2. The molecule has 7 nitrogen and oxygen atoms in total. The van der Waals surface area contributed by atoms with Crippen molar-refractivity contribution < 1.29 is 23.8 Å². The Balaban J connectivity index is 2.44. The fourth-order valence-corrected chi connectivity index (χ4v) is 2.30. The van der Waals surface area contributed by atoms with Crippen molar-refractivity contribution in [2.24, 2.45) is 0 Å². The zero-order chi connectivity index (χ0) is 18.4. The molecule has 0 fully saturated rings. The Morgan fingerprint density at radius 2 is 1.72 bits per heavy atom. The zero-order valence-electron chi connectivity index (χ0n) is 14.3. The van der Waals surface area contributed by atoms with E-state index in [0.717, 1.165) is 12.7 Å². The molecule has 0 saturated carbocycles. The average Bonchev–Trinajstić information content (AvgIpc) is 2.63. The van der Waals surface area contributed by atoms with Gasteiger partial charge < -0.3 is 18.8 Å². The molecule has 1 aromatic carbocycles. The maximum atomic E-state index is 12.7. The van der Waals surface area contributed by atoms with Crippen molar-refractivity contribution >= 4 is 11.9 Å². The number of methoxy groups -OCH3 is 2. The highest BCUT2D eigenvalue weighted by Gasteiger charge is 2.24. The van der Waals surface area contributed by atoms with Crippen LogP contribution < -0.4 is 10.3 Å². The molecule has 0 aliphatic carbocycles. The molecule has 0 atom stereocenters. The lowest BCUT2D eigenvalue weighted by atomic mass is 10.1. The molecule has 0 N–H and O–H groups in total. The second kappa shape index (κ2) is 8.14. The zero-order valence-corrected chi connectivity index (χ0v) is 14.3. The van der Waals surface area contributed by atoms with E-state index in [1.807, 2.05) is 12.1 Å². The molecule has 0 saturated heterocycles. The number of pyridine rings is 1. The molecule has 0 bridgehead atoms. The third-order valence-electron chi connectivity index (χ3n) is 3.56. The molecule has 0 unspecified atom stereocenters. The van der Waals surface area contributed by atoms with Crippen molar-refractivity contribution in [3.63, 3.8) is 0 Å². The summed E-state index contributed by atoms with van der Waals surface area (Å²) in [5, 5.41) is 0. The summed E-state index contributed by atoms with van der Waals surface area (Å²) in [6.45, 7) is 2.00. The Hall–Kier alpha value is -3.09. The highest BCUT2D eigenvalue weighted by Crippen LogP contribution is 2.13. The molecule has 0 radical (unpaired) electrons. The monoisotopic (exact) mass is 345 g/mol. The highest BCUT2D eigenvalue weighted by atomic mass is 16.5. The molecule has 7 heteroatoms. The summed E-state index contributed by atoms with van der Waals surface area (Å²) in [5.41, 5.74) is -0.225. The van der Waals surface area contributed by atoms with Crippen LogP contribution in [-0.4, -0.2) is 37.3 Å². The number of carbonyl (C=O) groups is 2. The topological polar surface area (TPSA) is 83.8 Å². The van der Waals surface area contributed by atoms with Crippen molar-refractivity contribution in [2.45, 2.75) is 13.5 Å². The van der Waals surface area contributed by atoms with E-state index in [0.29, 0.717) is 5.75 Å². The van der Waals surface area contributed by atoms with Crippen LogP contribution in [0.25, 0.3) is 0 Å². The van der Waals surface area contributed by atoms with Crippen LogP contribution in [0.15, 0.2) is 41.3 Å². The van der Waals surface area contributed by atoms with Gasteiger partial charge in [0.25, 0.3) is 5.56 Å². The molecule has 0 amide bonds. The summed E-state index contributed by atoms with van der Waals surface area (Å²) < 4.78 is 16.0. The van der Waals surface area contributed by atoms with E-state index < -0.39 is 17.5 Å². The molecule has 2 rings (SSSR count). The lowest BCUT2D eigenvalue weighted by Gasteiger charge is -2.11. The number of nitrogens with zero attached hydrogens (tertiary/aromatic N) is 1. The first-order valence-electron chi connectivity index (χ1n) is 7.63. The smallest absolute Gasteiger partial charge is 0.344 e. The van der Waals surface area contributed by atoms with Crippen LogP contribution in [0.3, 0.4) is 0 Å². The minimum atomic E-state index is -0.878. The van der Waals surface area contributed by atoms with Crippen molar-refractivity contribution in [3.8, 4) is 5.75 Å². The van der Waals surface area contributed by atoms with Gasteiger partial charge in [0.05, 0.1) is 32.9 Å². The fraction of sp³-hybridized carbons (Fsp3) is 0.278. The summed E-state index contributed by atoms with van der Waals surface area (Å²) >= 11 is 0. The number of rotatable bonds is 6. The van der Waals surface area contributed by atoms with Gasteiger partial charge in [-0.15, -0.1) is 0 Å². The minimum Gasteiger partial charge on any atom is -0.497 e. The predicted octanol–water partition coefficient (Wildman–Crippen LogP) is 1.87. The average molecular weight is 345 g/mol. The Bertz CT molecular complexity index is 822. The number of hydrogen-bond acceptors (Lipinski definition) is 6. The molecule has 2 aromatic rings. The van der Waals surface area contributed by atoms with Crippen LogP contribution in [-0.2, 0) is 16.0 Å². The van der Waals surface area contributed by atoms with E-state index >= 15 is 0 Å². The van der Waals surface area contributed by atoms with Gasteiger partial charge in [-0.05, 0) is 30.7 Å². The number of carbonyl (C=O) groups excluding carboxylic acids is 2. The lowest BCUT2D eigenvalue weighted by molar-refractivity contribution is 0.0502. The number of aromatic nitrogens is 1. The van der Waals surface area contributed by atoms with Crippen molar-refractivity contribution in [1.29, 1.82) is 0 Å². The van der Waals surface area contributed by atoms with Crippen LogP contribution in [0.1, 0.15) is 33.2 Å². The maximum absolute atomic E-state index is 12.7. The Morgan fingerprint density at radius 3 is 2.28 bits per heavy atom. The van der Waals surface area contributed by atoms with Gasteiger partial charge in [-0.2, -0.15) is 0 Å². The summed E-state index contributed by atoms with van der Waals surface area (Å²) in [6, 6.07) is 8.54. The van der Waals surface area contributed by atoms with Crippen molar-refractivity contribution in [3.05, 3.63) is 63.6 Å². The quantitative estimate of drug-likeness (QED) is 0.743. The number of ether oxygens (including phenoxy) is 3. The Morgan fingerprint density at radius 1 is 1.04 bits per heavy atom. The second-order valence-corrected chi connectivity index (χ2v) is 5.10. The molecule has 25 heavy (non-hydrogen) atoms. The first kappa shape index (κ1) is 18.3. The molecule has 1 heterocycles. The largest absolute Gasteiger partial charge is 0.497 e. The third-order valence-corrected chi connectivity index (χ3v) is 3.56. The van der Waals surface area contributed by atoms with Crippen molar-refractivity contribution in [1.82, 2.24) is 4.57 Å². The predicted molar refractivity (Wildman–Crippen MR) is 90.1 cm³/mol. The van der Waals surface area contributed by atoms with E-state index in [1.54, 1.807) is 26.2 Å². The summed E-state index contributed by atoms with van der Waals surface area (Å²) in [6.07, 6.45) is 1.45. The SMILES string of the molecule is CCOC(=O)c1ccn(Cc2ccc(OC)cc2)c(=O)c1C(=O)OC. The van der Waals surface area contributed by atoms with Gasteiger partial charge in [-0.25, -0.2) is 9.59 Å². The molecular weight excluding hydrogens is 326 g/mol. The van der Waals surface area contributed by atoms with Gasteiger partial charge in [0.1, 0.15) is 11.3 Å². The summed E-state index contributed by atoms with van der Waals surface area (Å²) in [4.78, 5) is 36.6. The summed E-state index contributed by atoms with van der Waals surface area (Å²) in [7, 11) is 2.72. The van der Waals surface area contributed by atoms with E-state index in [4.69, 9.17) is 9.47 Å². The highest BCUT2D eigenvalue weighted by molar-refractivity contribution is 6.02. The standard InChI is InChI=1S/C18H19NO6/c1-4-25-17(21)14-9-10-19(16(20)15(14)18(22)24-3)11-12-5-7-13(23-2)8-6-12/h5-10H,4,11H2,1-3H3. The van der Waals surface area contributed by atoms with Gasteiger partial charge in [0, 0.05) is 6.20 Å². The van der Waals surface area contributed by atoms with E-state index in [2.05, 4.69) is 4.74 Å². The fourth-order valence-electron chi connectivity index (χ4n) is 2.30. The summed E-state index contributed by atoms with van der Waals surface area (Å²) in [5.74, 6) is -0.919. The van der Waals surface area contributed by atoms with Gasteiger partial charge in [-0.1, -0.05) is 12.1 Å². The first-order chi connectivity index (χ1) is 12.0. The second-order valence-electron chi connectivity index (χ2n) is 5.10. The lowest BCUT2D eigenvalue weighted by Crippen LogP contribution is -2.30. The van der Waals surface area contributed by atoms with Crippen LogP contribution in [0.5, 0.6) is 5.75 Å². The Labute approximate surface area is 144 Å². The molecule has 0 spiro atoms. The number of hydrogen-bond donors (Lipinski definition) is 0. The number of benzene rings is 1. The van der Waals surface area contributed by atoms with Crippen LogP contribution in [0.2, 0.25) is 0 Å². The molecule has 0 aliphatic rings. The van der Waals surface area contributed by atoms with E-state index in [1.165, 1.54) is 16.8 Å². The van der Waals surface area contributed by atoms with E-state index in [9.17, 15) is 14.4 Å². The van der Waals surface area contributed by atoms with Gasteiger partial charge in [0.15, 0.2) is 0 Å². The van der Waals surface area contributed by atoms with Crippen LogP contribution in [0.4, 0.5) is 0 Å². The molecular formula is C18H19NO6. The first-order valence-corrected chi connectivity index (χ1v) is 7.63. The van der Waals surface area contributed by atoms with Gasteiger partial charge in [0.2, 0.25) is 0 Å². The van der Waals surface area contributed by atoms with Crippen LogP contribution in [0, 0.1) is 0 Å². The molecule has 132 valence electrons. The maximum Gasteiger partial charge on any atom is 0.344 e. The van der Waals surface area contributed by atoms with Gasteiger partial charge >= 0.3 is 11.9 Å². The van der Waals surface area contributed by atoms with Crippen LogP contribution >= 0.6 is 0 Å². The number of esters is 2. The van der Waals surface area contributed by atoms with E-state index in [-0.39, 0.29) is 24.3 Å². The molecule has 1 aromatic heterocycles.